The molecule has 0 aliphatic heterocycles. The second kappa shape index (κ2) is 7.77. The molecule has 1 aliphatic carbocycles. The molecule has 2 rings (SSSR count). The Hall–Kier alpha value is -2.35. The number of nitrogens with zero attached hydrogens (tertiary/aromatic N) is 1. The van der Waals surface area contributed by atoms with Crippen LogP contribution < -0.4 is 5.32 Å². The standard InChI is InChI=1S/C18H22N2O3/c1-12-6-3-4-9-16(12)20-17(21)13(2)23-18(22)15-8-5-7-14(10-15)11-19/h5,7-8,10,12-13,16H,3-4,6,9H2,1-2H3,(H,20,21)/t12-,13+,16+/m0/s1. The van der Waals surface area contributed by atoms with E-state index in [1.807, 2.05) is 6.07 Å². The molecular weight excluding hydrogens is 292 g/mol. The molecule has 0 heterocycles. The summed E-state index contributed by atoms with van der Waals surface area (Å²) in [5.41, 5.74) is 0.655. The number of esters is 1. The van der Waals surface area contributed by atoms with E-state index in [4.69, 9.17) is 10.00 Å². The quantitative estimate of drug-likeness (QED) is 0.867. The van der Waals surface area contributed by atoms with Crippen LogP contribution in [0.1, 0.15) is 55.5 Å². The van der Waals surface area contributed by atoms with Gasteiger partial charge in [0.2, 0.25) is 0 Å². The summed E-state index contributed by atoms with van der Waals surface area (Å²) in [4.78, 5) is 24.3. The van der Waals surface area contributed by atoms with Crippen molar-refractivity contribution in [1.29, 1.82) is 5.26 Å². The highest BCUT2D eigenvalue weighted by Crippen LogP contribution is 2.23. The average Bonchev–Trinajstić information content (AvgIpc) is 2.56. The zero-order valence-electron chi connectivity index (χ0n) is 13.5. The molecule has 122 valence electrons. The van der Waals surface area contributed by atoms with Gasteiger partial charge in [0.15, 0.2) is 6.10 Å². The van der Waals surface area contributed by atoms with Crippen LogP contribution in [0.3, 0.4) is 0 Å². The topological polar surface area (TPSA) is 79.2 Å². The molecule has 3 atom stereocenters. The first-order valence-electron chi connectivity index (χ1n) is 8.02. The van der Waals surface area contributed by atoms with Crippen molar-refractivity contribution in [3.05, 3.63) is 35.4 Å². The fourth-order valence-corrected chi connectivity index (χ4v) is 2.83. The summed E-state index contributed by atoms with van der Waals surface area (Å²) in [5, 5.41) is 11.8. The van der Waals surface area contributed by atoms with Gasteiger partial charge in [-0.3, -0.25) is 4.79 Å². The van der Waals surface area contributed by atoms with Crippen LogP contribution in [0.15, 0.2) is 24.3 Å². The molecule has 0 bridgehead atoms. The Balaban J connectivity index is 1.92. The largest absolute Gasteiger partial charge is 0.449 e. The van der Waals surface area contributed by atoms with Gasteiger partial charge < -0.3 is 10.1 Å². The lowest BCUT2D eigenvalue weighted by Crippen LogP contribution is -2.45. The molecule has 0 saturated heterocycles. The molecule has 1 fully saturated rings. The van der Waals surface area contributed by atoms with Crippen LogP contribution in [0.25, 0.3) is 0 Å². The lowest BCUT2D eigenvalue weighted by molar-refractivity contribution is -0.130. The Labute approximate surface area is 136 Å². The summed E-state index contributed by atoms with van der Waals surface area (Å²) >= 11 is 0. The van der Waals surface area contributed by atoms with E-state index in [9.17, 15) is 9.59 Å². The summed E-state index contributed by atoms with van der Waals surface area (Å²) in [6.07, 6.45) is 3.54. The smallest absolute Gasteiger partial charge is 0.338 e. The fraction of sp³-hybridized carbons (Fsp3) is 0.500. The van der Waals surface area contributed by atoms with Crippen LogP contribution in [-0.2, 0) is 9.53 Å². The van der Waals surface area contributed by atoms with Crippen LogP contribution in [0, 0.1) is 17.2 Å². The number of rotatable bonds is 4. The Morgan fingerprint density at radius 1 is 1.35 bits per heavy atom. The second-order valence-electron chi connectivity index (χ2n) is 6.12. The van der Waals surface area contributed by atoms with Crippen LogP contribution >= 0.6 is 0 Å². The van der Waals surface area contributed by atoms with Crippen LogP contribution in [0.2, 0.25) is 0 Å². The Morgan fingerprint density at radius 3 is 2.78 bits per heavy atom. The number of benzene rings is 1. The van der Waals surface area contributed by atoms with Crippen LogP contribution in [0.4, 0.5) is 0 Å². The molecule has 1 aliphatic rings. The van der Waals surface area contributed by atoms with E-state index in [1.54, 1.807) is 25.1 Å². The van der Waals surface area contributed by atoms with Crippen LogP contribution in [-0.4, -0.2) is 24.0 Å². The summed E-state index contributed by atoms with van der Waals surface area (Å²) in [6, 6.07) is 8.37. The number of hydrogen-bond acceptors (Lipinski definition) is 4. The molecule has 1 aromatic carbocycles. The van der Waals surface area contributed by atoms with Crippen molar-refractivity contribution >= 4 is 11.9 Å². The number of carbonyl (C=O) groups excluding carboxylic acids is 2. The van der Waals surface area contributed by atoms with E-state index in [0.717, 1.165) is 19.3 Å². The minimum absolute atomic E-state index is 0.152. The monoisotopic (exact) mass is 314 g/mol. The Bertz CT molecular complexity index is 621. The first-order valence-corrected chi connectivity index (χ1v) is 8.02. The first-order chi connectivity index (χ1) is 11.0. The molecule has 1 amide bonds. The van der Waals surface area contributed by atoms with E-state index in [-0.39, 0.29) is 17.5 Å². The van der Waals surface area contributed by atoms with Gasteiger partial charge in [0.25, 0.3) is 5.91 Å². The van der Waals surface area contributed by atoms with E-state index < -0.39 is 12.1 Å². The van der Waals surface area contributed by atoms with Crippen molar-refractivity contribution in [1.82, 2.24) is 5.32 Å². The van der Waals surface area contributed by atoms with E-state index in [2.05, 4.69) is 12.2 Å². The third-order valence-electron chi connectivity index (χ3n) is 4.32. The Kier molecular flexibility index (Phi) is 5.75. The van der Waals surface area contributed by atoms with Gasteiger partial charge in [-0.05, 0) is 43.9 Å². The molecule has 0 radical (unpaired) electrons. The van der Waals surface area contributed by atoms with Crippen molar-refractivity contribution in [2.45, 2.75) is 51.7 Å². The third-order valence-corrected chi connectivity index (χ3v) is 4.32. The second-order valence-corrected chi connectivity index (χ2v) is 6.12. The minimum Gasteiger partial charge on any atom is -0.449 e. The molecule has 0 unspecified atom stereocenters. The van der Waals surface area contributed by atoms with Gasteiger partial charge in [-0.1, -0.05) is 25.8 Å². The predicted molar refractivity (Wildman–Crippen MR) is 85.6 cm³/mol. The number of carbonyl (C=O) groups is 2. The maximum atomic E-state index is 12.2. The number of ether oxygens (including phenoxy) is 1. The van der Waals surface area contributed by atoms with Gasteiger partial charge in [-0.2, -0.15) is 5.26 Å². The summed E-state index contributed by atoms with van der Waals surface area (Å²) in [5.74, 6) is -0.419. The molecule has 0 aromatic heterocycles. The maximum absolute atomic E-state index is 12.2. The van der Waals surface area contributed by atoms with Gasteiger partial charge >= 0.3 is 5.97 Å². The van der Waals surface area contributed by atoms with Gasteiger partial charge in [-0.25, -0.2) is 4.79 Å². The molecule has 0 spiro atoms. The van der Waals surface area contributed by atoms with Gasteiger partial charge in [0.05, 0.1) is 17.2 Å². The molecule has 23 heavy (non-hydrogen) atoms. The molecule has 5 heteroatoms. The SMILES string of the molecule is C[C@@H](OC(=O)c1cccc(C#N)c1)C(=O)N[C@@H]1CCCC[C@@H]1C. The van der Waals surface area contributed by atoms with Crippen molar-refractivity contribution in [3.63, 3.8) is 0 Å². The zero-order chi connectivity index (χ0) is 16.8. The fourth-order valence-electron chi connectivity index (χ4n) is 2.83. The lowest BCUT2D eigenvalue weighted by Gasteiger charge is -2.30. The molecule has 5 nitrogen and oxygen atoms in total. The van der Waals surface area contributed by atoms with E-state index in [1.165, 1.54) is 12.5 Å². The zero-order valence-corrected chi connectivity index (χ0v) is 13.5. The molecule has 1 aromatic rings. The Morgan fingerprint density at radius 2 is 2.09 bits per heavy atom. The molecule has 1 N–H and O–H groups in total. The summed E-state index contributed by atoms with van der Waals surface area (Å²) < 4.78 is 5.21. The number of hydrogen-bond donors (Lipinski definition) is 1. The molecule has 1 saturated carbocycles. The number of nitrogens with one attached hydrogen (secondary N) is 1. The highest BCUT2D eigenvalue weighted by atomic mass is 16.5. The van der Waals surface area contributed by atoms with Gasteiger partial charge in [0, 0.05) is 6.04 Å². The predicted octanol–water partition coefficient (Wildman–Crippen LogP) is 2.80. The van der Waals surface area contributed by atoms with Crippen molar-refractivity contribution in [2.24, 2.45) is 5.92 Å². The first kappa shape index (κ1) is 17.0. The highest BCUT2D eigenvalue weighted by molar-refractivity contribution is 5.92. The maximum Gasteiger partial charge on any atom is 0.338 e. The van der Waals surface area contributed by atoms with Crippen molar-refractivity contribution < 1.29 is 14.3 Å². The van der Waals surface area contributed by atoms with Crippen LogP contribution in [0.5, 0.6) is 0 Å². The summed E-state index contributed by atoms with van der Waals surface area (Å²) in [7, 11) is 0. The van der Waals surface area contributed by atoms with Crippen molar-refractivity contribution in [3.8, 4) is 6.07 Å². The normalized spacial score (nSPS) is 21.8. The average molecular weight is 314 g/mol. The number of nitriles is 1. The third kappa shape index (κ3) is 4.56. The minimum atomic E-state index is -0.859. The van der Waals surface area contributed by atoms with Gasteiger partial charge in [0.1, 0.15) is 0 Å². The van der Waals surface area contributed by atoms with E-state index in [0.29, 0.717) is 11.5 Å². The van der Waals surface area contributed by atoms with E-state index >= 15 is 0 Å². The number of amides is 1. The highest BCUT2D eigenvalue weighted by Gasteiger charge is 2.26. The molecular formula is C18H22N2O3. The van der Waals surface area contributed by atoms with Gasteiger partial charge in [-0.15, -0.1) is 0 Å². The lowest BCUT2D eigenvalue weighted by atomic mass is 9.86. The summed E-state index contributed by atoms with van der Waals surface area (Å²) in [6.45, 7) is 3.70. The van der Waals surface area contributed by atoms with Crippen molar-refractivity contribution in [2.75, 3.05) is 0 Å².